The molecule has 3 fully saturated rings. The van der Waals surface area contributed by atoms with Crippen molar-refractivity contribution >= 4 is 28.8 Å². The van der Waals surface area contributed by atoms with Crippen molar-refractivity contribution in [3.05, 3.63) is 59.2 Å². The summed E-state index contributed by atoms with van der Waals surface area (Å²) < 4.78 is 0. The third-order valence-electron chi connectivity index (χ3n) is 7.53. The summed E-state index contributed by atoms with van der Waals surface area (Å²) in [7, 11) is 0. The number of amides is 3. The maximum absolute atomic E-state index is 13.2. The molecular weight excluding hydrogens is 476 g/mol. The average Bonchev–Trinajstić information content (AvgIpc) is 3.57. The molecule has 2 aromatic rings. The van der Waals surface area contributed by atoms with Crippen molar-refractivity contribution < 1.29 is 14.4 Å². The number of nitrogens with one attached hydrogen (secondary N) is 2. The summed E-state index contributed by atoms with van der Waals surface area (Å²) in [6.45, 7) is 7.99. The third-order valence-corrected chi connectivity index (χ3v) is 8.41. The van der Waals surface area contributed by atoms with Gasteiger partial charge >= 0.3 is 0 Å². The molecule has 5 rings (SSSR count). The zero-order valence-corrected chi connectivity index (χ0v) is 21.5. The van der Waals surface area contributed by atoms with Crippen molar-refractivity contribution in [2.75, 3.05) is 38.5 Å². The van der Waals surface area contributed by atoms with E-state index in [9.17, 15) is 14.4 Å². The van der Waals surface area contributed by atoms with Crippen LogP contribution in [-0.2, 0) is 4.79 Å². The molecule has 0 spiro atoms. The van der Waals surface area contributed by atoms with Crippen molar-refractivity contribution in [1.29, 1.82) is 0 Å². The highest BCUT2D eigenvalue weighted by Crippen LogP contribution is 2.33. The van der Waals surface area contributed by atoms with E-state index in [-0.39, 0.29) is 23.1 Å². The van der Waals surface area contributed by atoms with Gasteiger partial charge in [0.25, 0.3) is 11.1 Å². The number of rotatable bonds is 7. The second-order valence-electron chi connectivity index (χ2n) is 9.97. The molecule has 0 aliphatic carbocycles. The van der Waals surface area contributed by atoms with E-state index in [2.05, 4.69) is 25.5 Å². The van der Waals surface area contributed by atoms with Gasteiger partial charge in [0, 0.05) is 38.5 Å². The van der Waals surface area contributed by atoms with Crippen LogP contribution in [-0.4, -0.2) is 81.3 Å². The van der Waals surface area contributed by atoms with Gasteiger partial charge in [-0.15, -0.1) is 0 Å². The topological polar surface area (TPSA) is 108 Å². The largest absolute Gasteiger partial charge is 0.347 e. The molecule has 0 radical (unpaired) electrons. The molecule has 1 aromatic heterocycles. The molecule has 10 heteroatoms. The highest BCUT2D eigenvalue weighted by molar-refractivity contribution is 8.14. The second-order valence-corrected chi connectivity index (χ2v) is 11.0. The SMILES string of the molecule is Cc1ncnc(C)c1C(=O)N1CC2CN(CC[C@H](NC(=O)C3CSC(=O)N3)c3ccccc3)CC2C1. The Hall–Kier alpha value is -2.98. The maximum atomic E-state index is 13.2. The van der Waals surface area contributed by atoms with Gasteiger partial charge in [0.05, 0.1) is 23.0 Å². The number of nitrogens with zero attached hydrogens (tertiary/aromatic N) is 4. The van der Waals surface area contributed by atoms with Crippen LogP contribution in [0.5, 0.6) is 0 Å². The number of carbonyl (C=O) groups is 3. The van der Waals surface area contributed by atoms with Gasteiger partial charge in [0.2, 0.25) is 5.91 Å². The quantitative estimate of drug-likeness (QED) is 0.590. The number of thioether (sulfide) groups is 1. The number of likely N-dealkylation sites (tertiary alicyclic amines) is 2. The number of carbonyl (C=O) groups excluding carboxylic acids is 3. The van der Waals surface area contributed by atoms with Gasteiger partial charge in [0.1, 0.15) is 12.4 Å². The monoisotopic (exact) mass is 508 g/mol. The third kappa shape index (κ3) is 5.24. The predicted octanol–water partition coefficient (Wildman–Crippen LogP) is 2.17. The lowest BCUT2D eigenvalue weighted by molar-refractivity contribution is -0.123. The summed E-state index contributed by atoms with van der Waals surface area (Å²) in [6.07, 6.45) is 2.29. The molecule has 9 nitrogen and oxygen atoms in total. The van der Waals surface area contributed by atoms with Gasteiger partial charge in [-0.05, 0) is 37.7 Å². The zero-order chi connectivity index (χ0) is 25.2. The highest BCUT2D eigenvalue weighted by atomic mass is 32.2. The van der Waals surface area contributed by atoms with Crippen LogP contribution in [0.3, 0.4) is 0 Å². The Labute approximate surface area is 215 Å². The van der Waals surface area contributed by atoms with Crippen molar-refractivity contribution in [3.63, 3.8) is 0 Å². The molecule has 1 aromatic carbocycles. The summed E-state index contributed by atoms with van der Waals surface area (Å²) in [4.78, 5) is 50.3. The first-order valence-corrected chi connectivity index (χ1v) is 13.5. The first kappa shape index (κ1) is 24.7. The lowest BCUT2D eigenvalue weighted by Gasteiger charge is -2.26. The van der Waals surface area contributed by atoms with Crippen LogP contribution >= 0.6 is 11.8 Å². The van der Waals surface area contributed by atoms with Crippen molar-refractivity contribution in [2.24, 2.45) is 11.8 Å². The van der Waals surface area contributed by atoms with Gasteiger partial charge in [-0.2, -0.15) is 0 Å². The minimum absolute atomic E-state index is 0.0376. The Morgan fingerprint density at radius 1 is 1.08 bits per heavy atom. The minimum atomic E-state index is -0.481. The molecule has 4 atom stereocenters. The van der Waals surface area contributed by atoms with E-state index >= 15 is 0 Å². The Morgan fingerprint density at radius 2 is 1.75 bits per heavy atom. The number of hydrogen-bond acceptors (Lipinski definition) is 7. The fraction of sp³-hybridized carbons (Fsp3) is 0.500. The molecule has 36 heavy (non-hydrogen) atoms. The summed E-state index contributed by atoms with van der Waals surface area (Å²) in [5.74, 6) is 1.27. The number of fused-ring (bicyclic) bond motifs is 1. The van der Waals surface area contributed by atoms with E-state index in [1.54, 1.807) is 0 Å². The van der Waals surface area contributed by atoms with Crippen molar-refractivity contribution in [3.8, 4) is 0 Å². The van der Waals surface area contributed by atoms with Crippen LogP contribution < -0.4 is 10.6 Å². The number of benzene rings is 1. The summed E-state index contributed by atoms with van der Waals surface area (Å²) >= 11 is 1.15. The van der Waals surface area contributed by atoms with E-state index < -0.39 is 6.04 Å². The minimum Gasteiger partial charge on any atom is -0.347 e. The molecule has 3 aliphatic heterocycles. The molecule has 3 unspecified atom stereocenters. The highest BCUT2D eigenvalue weighted by Gasteiger charge is 2.42. The molecule has 3 saturated heterocycles. The maximum Gasteiger partial charge on any atom is 0.279 e. The summed E-state index contributed by atoms with van der Waals surface area (Å²) in [5.41, 5.74) is 3.16. The first-order valence-electron chi connectivity index (χ1n) is 12.5. The van der Waals surface area contributed by atoms with E-state index in [1.807, 2.05) is 49.1 Å². The molecule has 0 saturated carbocycles. The van der Waals surface area contributed by atoms with Gasteiger partial charge in [-0.3, -0.25) is 14.4 Å². The van der Waals surface area contributed by atoms with E-state index in [1.165, 1.54) is 6.33 Å². The van der Waals surface area contributed by atoms with Crippen LogP contribution in [0, 0.1) is 25.7 Å². The molecular formula is C26H32N6O3S. The van der Waals surface area contributed by atoms with Crippen LogP contribution in [0.4, 0.5) is 4.79 Å². The van der Waals surface area contributed by atoms with Crippen LogP contribution in [0.1, 0.15) is 39.8 Å². The normalized spacial score (nSPS) is 24.4. The van der Waals surface area contributed by atoms with Gasteiger partial charge in [0.15, 0.2) is 0 Å². The van der Waals surface area contributed by atoms with Gasteiger partial charge in [-0.1, -0.05) is 42.1 Å². The predicted molar refractivity (Wildman–Crippen MR) is 138 cm³/mol. The molecule has 3 aliphatic rings. The Bertz CT molecular complexity index is 1110. The lowest BCUT2D eigenvalue weighted by Crippen LogP contribution is -2.44. The Morgan fingerprint density at radius 3 is 2.36 bits per heavy atom. The van der Waals surface area contributed by atoms with Gasteiger partial charge < -0.3 is 20.4 Å². The van der Waals surface area contributed by atoms with E-state index in [0.29, 0.717) is 23.2 Å². The van der Waals surface area contributed by atoms with Crippen LogP contribution in [0.25, 0.3) is 0 Å². The summed E-state index contributed by atoms with van der Waals surface area (Å²) in [6, 6.07) is 9.40. The molecule has 0 bridgehead atoms. The average molecular weight is 509 g/mol. The van der Waals surface area contributed by atoms with Gasteiger partial charge in [-0.25, -0.2) is 9.97 Å². The van der Waals surface area contributed by atoms with Crippen LogP contribution in [0.2, 0.25) is 0 Å². The molecule has 3 amide bonds. The molecule has 2 N–H and O–H groups in total. The Kier molecular flexibility index (Phi) is 7.25. The Balaban J connectivity index is 1.17. The zero-order valence-electron chi connectivity index (χ0n) is 20.6. The van der Waals surface area contributed by atoms with Crippen molar-refractivity contribution in [2.45, 2.75) is 32.4 Å². The molecule has 190 valence electrons. The van der Waals surface area contributed by atoms with E-state index in [4.69, 9.17) is 0 Å². The van der Waals surface area contributed by atoms with Crippen LogP contribution in [0.15, 0.2) is 36.7 Å². The first-order chi connectivity index (χ1) is 17.4. The fourth-order valence-corrected chi connectivity index (χ4v) is 6.39. The lowest BCUT2D eigenvalue weighted by atomic mass is 10.0. The number of aromatic nitrogens is 2. The fourth-order valence-electron chi connectivity index (χ4n) is 5.62. The molecule has 4 heterocycles. The number of hydrogen-bond donors (Lipinski definition) is 2. The number of aryl methyl sites for hydroxylation is 2. The van der Waals surface area contributed by atoms with E-state index in [0.717, 1.165) is 67.9 Å². The summed E-state index contributed by atoms with van der Waals surface area (Å²) in [5, 5.41) is 5.74. The standard InChI is InChI=1S/C26H32N6O3S/c1-16-23(17(2)28-15-27-16)25(34)32-12-19-10-31(11-20(19)13-32)9-8-21(18-6-4-3-5-7-18)29-24(33)22-14-36-26(35)30-22/h3-7,15,19-22H,8-14H2,1-2H3,(H,29,33)(H,30,35)/t19?,20?,21-,22?/m0/s1. The smallest absolute Gasteiger partial charge is 0.279 e. The second kappa shape index (κ2) is 10.6. The van der Waals surface area contributed by atoms with Crippen molar-refractivity contribution in [1.82, 2.24) is 30.4 Å².